The van der Waals surface area contributed by atoms with Crippen LogP contribution in [-0.2, 0) is 28.6 Å². The van der Waals surface area contributed by atoms with Gasteiger partial charge in [0.05, 0.1) is 33.0 Å². The molecule has 0 radical (unpaired) electrons. The van der Waals surface area contributed by atoms with E-state index in [0.29, 0.717) is 37.7 Å². The molecule has 9 nitrogen and oxygen atoms in total. The van der Waals surface area contributed by atoms with Gasteiger partial charge in [0.15, 0.2) is 6.61 Å². The van der Waals surface area contributed by atoms with Crippen LogP contribution in [0.4, 0.5) is 5.69 Å². The quantitative estimate of drug-likeness (QED) is 0.628. The van der Waals surface area contributed by atoms with E-state index in [1.54, 1.807) is 47.5 Å². The van der Waals surface area contributed by atoms with Gasteiger partial charge in [0.25, 0.3) is 5.91 Å². The lowest BCUT2D eigenvalue weighted by Crippen LogP contribution is -2.42. The highest BCUT2D eigenvalue weighted by Crippen LogP contribution is 2.28. The Kier molecular flexibility index (Phi) is 7.45. The van der Waals surface area contributed by atoms with Crippen LogP contribution < -0.4 is 9.64 Å². The number of nitrogens with zero attached hydrogens (tertiary/aromatic N) is 2. The molecule has 1 aromatic rings. The van der Waals surface area contributed by atoms with Crippen LogP contribution in [0.2, 0.25) is 0 Å². The van der Waals surface area contributed by atoms with Gasteiger partial charge in [-0.15, -0.1) is 0 Å². The predicted octanol–water partition coefficient (Wildman–Crippen LogP) is 1.41. The molecule has 2 aliphatic rings. The van der Waals surface area contributed by atoms with Crippen LogP contribution in [0, 0.1) is 0 Å². The zero-order valence-corrected chi connectivity index (χ0v) is 17.4. The minimum atomic E-state index is -0.687. The maximum atomic E-state index is 12.5. The second-order valence-electron chi connectivity index (χ2n) is 6.59. The standard InChI is InChI=1S/C22H24N2O7/c1-28-21(26)18-5-3-4-10-24(20(18)22(27)29-2)16-6-8-17(9-7-16)31-15-19(25)23-11-13-30-14-12-23/h3-10H,11-15H2,1-2H3. The summed E-state index contributed by atoms with van der Waals surface area (Å²) in [6.45, 7) is 2.10. The zero-order valence-electron chi connectivity index (χ0n) is 17.4. The monoisotopic (exact) mass is 428 g/mol. The second kappa shape index (κ2) is 10.4. The Hall–Kier alpha value is -3.59. The number of methoxy groups -OCH3 is 2. The summed E-state index contributed by atoms with van der Waals surface area (Å²) in [6, 6.07) is 6.78. The fraction of sp³-hybridized carbons (Fsp3) is 0.318. The molecule has 1 amide bonds. The van der Waals surface area contributed by atoms with Crippen molar-refractivity contribution in [3.8, 4) is 5.75 Å². The number of benzene rings is 1. The fourth-order valence-corrected chi connectivity index (χ4v) is 3.12. The number of ether oxygens (including phenoxy) is 4. The third-order valence-corrected chi connectivity index (χ3v) is 4.73. The first-order chi connectivity index (χ1) is 15.0. The number of esters is 2. The van der Waals surface area contributed by atoms with E-state index in [1.165, 1.54) is 25.2 Å². The van der Waals surface area contributed by atoms with Crippen LogP contribution in [0.25, 0.3) is 0 Å². The number of hydrogen-bond donors (Lipinski definition) is 0. The molecule has 3 rings (SSSR count). The summed E-state index contributed by atoms with van der Waals surface area (Å²) >= 11 is 0. The summed E-state index contributed by atoms with van der Waals surface area (Å²) in [5.41, 5.74) is 0.680. The molecule has 0 bridgehead atoms. The Bertz CT molecular complexity index is 912. The topological polar surface area (TPSA) is 94.6 Å². The molecular formula is C22H24N2O7. The van der Waals surface area contributed by atoms with E-state index in [-0.39, 0.29) is 23.8 Å². The summed E-state index contributed by atoms with van der Waals surface area (Å²) in [7, 11) is 2.48. The highest BCUT2D eigenvalue weighted by Gasteiger charge is 2.27. The number of hydrogen-bond acceptors (Lipinski definition) is 8. The third kappa shape index (κ3) is 5.32. The van der Waals surface area contributed by atoms with E-state index in [2.05, 4.69) is 0 Å². The van der Waals surface area contributed by atoms with Crippen LogP contribution in [0.3, 0.4) is 0 Å². The summed E-state index contributed by atoms with van der Waals surface area (Å²) in [5.74, 6) is -0.952. The maximum absolute atomic E-state index is 12.5. The molecular weight excluding hydrogens is 404 g/mol. The summed E-state index contributed by atoms with van der Waals surface area (Å²) in [5, 5.41) is 0. The van der Waals surface area contributed by atoms with Gasteiger partial charge in [-0.1, -0.05) is 6.08 Å². The molecule has 31 heavy (non-hydrogen) atoms. The average Bonchev–Trinajstić information content (AvgIpc) is 3.05. The molecule has 2 aliphatic heterocycles. The SMILES string of the molecule is COC(=O)C1=C(C(=O)OC)N(c2ccc(OCC(=O)N3CCOCC3)cc2)C=CC=C1. The van der Waals surface area contributed by atoms with E-state index >= 15 is 0 Å². The number of rotatable bonds is 6. The first kappa shape index (κ1) is 22.1. The Morgan fingerprint density at radius 1 is 0.968 bits per heavy atom. The van der Waals surface area contributed by atoms with Gasteiger partial charge >= 0.3 is 11.9 Å². The van der Waals surface area contributed by atoms with Crippen molar-refractivity contribution in [2.75, 3.05) is 52.0 Å². The first-order valence-corrected chi connectivity index (χ1v) is 9.68. The largest absolute Gasteiger partial charge is 0.484 e. The van der Waals surface area contributed by atoms with Gasteiger partial charge in [0.1, 0.15) is 11.4 Å². The fourth-order valence-electron chi connectivity index (χ4n) is 3.12. The molecule has 2 heterocycles. The van der Waals surface area contributed by atoms with Gasteiger partial charge < -0.3 is 28.7 Å². The van der Waals surface area contributed by atoms with Gasteiger partial charge in [-0.05, 0) is 36.4 Å². The lowest BCUT2D eigenvalue weighted by Gasteiger charge is -2.26. The zero-order chi connectivity index (χ0) is 22.2. The van der Waals surface area contributed by atoms with Crippen molar-refractivity contribution in [2.24, 2.45) is 0 Å². The van der Waals surface area contributed by atoms with Crippen LogP contribution in [0.1, 0.15) is 0 Å². The van der Waals surface area contributed by atoms with Crippen molar-refractivity contribution in [3.05, 3.63) is 60.0 Å². The van der Waals surface area contributed by atoms with Crippen LogP contribution in [0.5, 0.6) is 5.75 Å². The minimum absolute atomic E-state index is 0.0236. The van der Waals surface area contributed by atoms with Gasteiger partial charge in [0, 0.05) is 25.0 Å². The summed E-state index contributed by atoms with van der Waals surface area (Å²) in [4.78, 5) is 40.1. The molecule has 0 N–H and O–H groups in total. The Balaban J connectivity index is 1.77. The summed E-state index contributed by atoms with van der Waals surface area (Å²) in [6.07, 6.45) is 6.44. The molecule has 0 unspecified atom stereocenters. The van der Waals surface area contributed by atoms with E-state index in [4.69, 9.17) is 18.9 Å². The molecule has 1 aromatic carbocycles. The Morgan fingerprint density at radius 3 is 2.29 bits per heavy atom. The van der Waals surface area contributed by atoms with E-state index in [1.807, 2.05) is 0 Å². The van der Waals surface area contributed by atoms with E-state index < -0.39 is 11.9 Å². The van der Waals surface area contributed by atoms with E-state index in [9.17, 15) is 14.4 Å². The number of amides is 1. The van der Waals surface area contributed by atoms with Crippen molar-refractivity contribution in [3.63, 3.8) is 0 Å². The number of morpholine rings is 1. The van der Waals surface area contributed by atoms with Crippen LogP contribution in [0.15, 0.2) is 60.0 Å². The number of carbonyl (C=O) groups excluding carboxylic acids is 3. The van der Waals surface area contributed by atoms with Gasteiger partial charge in [-0.2, -0.15) is 0 Å². The highest BCUT2D eigenvalue weighted by molar-refractivity contribution is 6.05. The van der Waals surface area contributed by atoms with Crippen molar-refractivity contribution in [1.82, 2.24) is 4.90 Å². The third-order valence-electron chi connectivity index (χ3n) is 4.73. The average molecular weight is 428 g/mol. The molecule has 0 spiro atoms. The molecule has 164 valence electrons. The van der Waals surface area contributed by atoms with Gasteiger partial charge in [0.2, 0.25) is 0 Å². The maximum Gasteiger partial charge on any atom is 0.355 e. The van der Waals surface area contributed by atoms with Gasteiger partial charge in [-0.25, -0.2) is 9.59 Å². The Labute approximate surface area is 180 Å². The van der Waals surface area contributed by atoms with Crippen molar-refractivity contribution < 1.29 is 33.3 Å². The lowest BCUT2D eigenvalue weighted by atomic mass is 10.1. The van der Waals surface area contributed by atoms with Crippen molar-refractivity contribution in [1.29, 1.82) is 0 Å². The van der Waals surface area contributed by atoms with Gasteiger partial charge in [-0.3, -0.25) is 4.79 Å². The molecule has 1 saturated heterocycles. The lowest BCUT2D eigenvalue weighted by molar-refractivity contribution is -0.139. The molecule has 0 atom stereocenters. The molecule has 0 saturated carbocycles. The molecule has 0 aromatic heterocycles. The normalized spacial score (nSPS) is 16.1. The van der Waals surface area contributed by atoms with E-state index in [0.717, 1.165) is 0 Å². The van der Waals surface area contributed by atoms with Crippen LogP contribution in [-0.4, -0.2) is 69.9 Å². The predicted molar refractivity (Wildman–Crippen MR) is 111 cm³/mol. The first-order valence-electron chi connectivity index (χ1n) is 9.68. The molecule has 0 aliphatic carbocycles. The summed E-state index contributed by atoms with van der Waals surface area (Å²) < 4.78 is 20.5. The number of anilines is 1. The van der Waals surface area contributed by atoms with Crippen molar-refractivity contribution >= 4 is 23.5 Å². The minimum Gasteiger partial charge on any atom is -0.484 e. The number of allylic oxidation sites excluding steroid dienone is 2. The smallest absolute Gasteiger partial charge is 0.355 e. The van der Waals surface area contributed by atoms with Crippen LogP contribution >= 0.6 is 0 Å². The second-order valence-corrected chi connectivity index (χ2v) is 6.59. The Morgan fingerprint density at radius 2 is 1.65 bits per heavy atom. The highest BCUT2D eigenvalue weighted by atomic mass is 16.5. The molecule has 1 fully saturated rings. The van der Waals surface area contributed by atoms with Crippen molar-refractivity contribution in [2.45, 2.75) is 0 Å². The number of carbonyl (C=O) groups is 3. The molecule has 9 heteroatoms.